The number of nitrogens with one attached hydrogen (secondary N) is 2. The minimum atomic E-state index is -3.71. The number of H-pyrrole nitrogens is 1. The van der Waals surface area contributed by atoms with Gasteiger partial charge in [-0.3, -0.25) is 10.1 Å². The van der Waals surface area contributed by atoms with Crippen molar-refractivity contribution in [2.45, 2.75) is 24.7 Å². The van der Waals surface area contributed by atoms with Crippen molar-refractivity contribution in [3.63, 3.8) is 0 Å². The van der Waals surface area contributed by atoms with Crippen molar-refractivity contribution in [3.05, 3.63) is 41.7 Å². The lowest BCUT2D eigenvalue weighted by Gasteiger charge is -2.06. The lowest BCUT2D eigenvalue weighted by molar-refractivity contribution is 0.573. The molecule has 2 aromatic heterocycles. The zero-order valence-electron chi connectivity index (χ0n) is 10.9. The first-order chi connectivity index (χ1) is 9.49. The zero-order valence-corrected chi connectivity index (χ0v) is 11.7. The van der Waals surface area contributed by atoms with Gasteiger partial charge < -0.3 is 0 Å². The van der Waals surface area contributed by atoms with Crippen LogP contribution in [0.4, 0.5) is 4.39 Å². The molecule has 0 aliphatic heterocycles. The minimum absolute atomic E-state index is 0.169. The Morgan fingerprint density at radius 1 is 1.35 bits per heavy atom. The first-order valence-corrected chi connectivity index (χ1v) is 7.56. The van der Waals surface area contributed by atoms with Crippen LogP contribution in [0.3, 0.4) is 0 Å². The summed E-state index contributed by atoms with van der Waals surface area (Å²) in [5, 5.41) is 6.71. The fourth-order valence-electron chi connectivity index (χ4n) is 1.74. The third-order valence-electron chi connectivity index (χ3n) is 2.84. The largest absolute Gasteiger partial charge is 0.283 e. The van der Waals surface area contributed by atoms with Crippen molar-refractivity contribution >= 4 is 10.0 Å². The number of sulfonamides is 1. The summed E-state index contributed by atoms with van der Waals surface area (Å²) in [5.41, 5.74) is 2.03. The monoisotopic (exact) mass is 298 g/mol. The van der Waals surface area contributed by atoms with E-state index in [0.29, 0.717) is 12.8 Å². The first kappa shape index (κ1) is 14.6. The highest BCUT2D eigenvalue weighted by Gasteiger charge is 2.14. The number of aromatic amines is 1. The van der Waals surface area contributed by atoms with Crippen LogP contribution in [0, 0.1) is 12.7 Å². The highest BCUT2D eigenvalue weighted by atomic mass is 32.2. The van der Waals surface area contributed by atoms with Gasteiger partial charge in [0.1, 0.15) is 10.7 Å². The van der Waals surface area contributed by atoms with Crippen LogP contribution < -0.4 is 4.72 Å². The molecule has 0 saturated heterocycles. The van der Waals surface area contributed by atoms with Gasteiger partial charge in [-0.2, -0.15) is 5.10 Å². The standard InChI is InChI=1S/C12H15FN4O2S/c1-9-10(6-15-17-9)3-2-4-16-20(18,19)12-5-11(13)7-14-8-12/h5-8,16H,2-4H2,1H3,(H,15,17). The van der Waals surface area contributed by atoms with Crippen molar-refractivity contribution in [2.24, 2.45) is 0 Å². The third-order valence-corrected chi connectivity index (χ3v) is 4.27. The van der Waals surface area contributed by atoms with Gasteiger partial charge in [0.2, 0.25) is 10.0 Å². The van der Waals surface area contributed by atoms with Crippen molar-refractivity contribution in [2.75, 3.05) is 6.54 Å². The van der Waals surface area contributed by atoms with Crippen LogP contribution >= 0.6 is 0 Å². The van der Waals surface area contributed by atoms with Crippen LogP contribution in [0.2, 0.25) is 0 Å². The Labute approximate surface area is 116 Å². The highest BCUT2D eigenvalue weighted by Crippen LogP contribution is 2.09. The van der Waals surface area contributed by atoms with Gasteiger partial charge in [0.15, 0.2) is 0 Å². The summed E-state index contributed by atoms with van der Waals surface area (Å²) in [5.74, 6) is -0.679. The molecule has 0 fully saturated rings. The number of pyridine rings is 1. The molecule has 0 bridgehead atoms. The van der Waals surface area contributed by atoms with Crippen LogP contribution in [0.5, 0.6) is 0 Å². The van der Waals surface area contributed by atoms with Gasteiger partial charge in [-0.15, -0.1) is 0 Å². The molecule has 2 heterocycles. The molecule has 0 aromatic carbocycles. The van der Waals surface area contributed by atoms with E-state index < -0.39 is 15.8 Å². The zero-order chi connectivity index (χ0) is 14.6. The van der Waals surface area contributed by atoms with E-state index in [4.69, 9.17) is 0 Å². The number of nitrogens with zero attached hydrogens (tertiary/aromatic N) is 2. The van der Waals surface area contributed by atoms with E-state index in [-0.39, 0.29) is 11.4 Å². The van der Waals surface area contributed by atoms with E-state index in [2.05, 4.69) is 19.9 Å². The van der Waals surface area contributed by atoms with Gasteiger partial charge in [0, 0.05) is 18.4 Å². The summed E-state index contributed by atoms with van der Waals surface area (Å²) in [6.45, 7) is 2.17. The van der Waals surface area contributed by atoms with Gasteiger partial charge >= 0.3 is 0 Å². The number of aryl methyl sites for hydroxylation is 2. The summed E-state index contributed by atoms with van der Waals surface area (Å²) in [7, 11) is -3.71. The number of hydrogen-bond donors (Lipinski definition) is 2. The summed E-state index contributed by atoms with van der Waals surface area (Å²) in [4.78, 5) is 3.35. The Morgan fingerprint density at radius 2 is 2.15 bits per heavy atom. The first-order valence-electron chi connectivity index (χ1n) is 6.08. The molecule has 6 nitrogen and oxygen atoms in total. The van der Waals surface area contributed by atoms with E-state index >= 15 is 0 Å². The molecule has 0 aliphatic rings. The molecule has 2 rings (SSSR count). The predicted octanol–water partition coefficient (Wildman–Crippen LogP) is 1.16. The van der Waals surface area contributed by atoms with Crippen molar-refractivity contribution in [1.82, 2.24) is 19.9 Å². The van der Waals surface area contributed by atoms with Crippen LogP contribution in [0.25, 0.3) is 0 Å². The second kappa shape index (κ2) is 6.10. The van der Waals surface area contributed by atoms with Crippen LogP contribution in [-0.2, 0) is 16.4 Å². The Kier molecular flexibility index (Phi) is 4.46. The predicted molar refractivity (Wildman–Crippen MR) is 71.0 cm³/mol. The Hall–Kier alpha value is -1.80. The molecule has 20 heavy (non-hydrogen) atoms. The maximum atomic E-state index is 13.0. The normalized spacial score (nSPS) is 11.7. The van der Waals surface area contributed by atoms with Crippen molar-refractivity contribution in [3.8, 4) is 0 Å². The lowest BCUT2D eigenvalue weighted by Crippen LogP contribution is -2.25. The molecule has 2 N–H and O–H groups in total. The van der Waals surface area contributed by atoms with E-state index in [1.807, 2.05) is 6.92 Å². The summed E-state index contributed by atoms with van der Waals surface area (Å²) in [6.07, 6.45) is 5.14. The maximum Gasteiger partial charge on any atom is 0.242 e. The van der Waals surface area contributed by atoms with Crippen LogP contribution in [0.1, 0.15) is 17.7 Å². The molecule has 8 heteroatoms. The summed E-state index contributed by atoms with van der Waals surface area (Å²) in [6, 6.07) is 0.940. The Balaban J connectivity index is 1.89. The van der Waals surface area contributed by atoms with Gasteiger partial charge in [-0.25, -0.2) is 17.5 Å². The fraction of sp³-hybridized carbons (Fsp3) is 0.333. The third kappa shape index (κ3) is 3.61. The topological polar surface area (TPSA) is 87.7 Å². The number of halogens is 1. The van der Waals surface area contributed by atoms with E-state index in [1.54, 1.807) is 6.20 Å². The number of aromatic nitrogens is 3. The minimum Gasteiger partial charge on any atom is -0.283 e. The van der Waals surface area contributed by atoms with Gasteiger partial charge in [-0.05, 0) is 31.4 Å². The Morgan fingerprint density at radius 3 is 2.80 bits per heavy atom. The highest BCUT2D eigenvalue weighted by molar-refractivity contribution is 7.89. The Bertz CT molecular complexity index is 684. The SMILES string of the molecule is Cc1[nH]ncc1CCCNS(=O)(=O)c1cncc(F)c1. The molecule has 0 atom stereocenters. The quantitative estimate of drug-likeness (QED) is 0.783. The van der Waals surface area contributed by atoms with E-state index in [1.165, 1.54) is 0 Å². The average molecular weight is 298 g/mol. The molecule has 0 radical (unpaired) electrons. The second-order valence-corrected chi connectivity index (χ2v) is 6.13. The van der Waals surface area contributed by atoms with Gasteiger partial charge in [0.25, 0.3) is 0 Å². The second-order valence-electron chi connectivity index (χ2n) is 4.36. The average Bonchev–Trinajstić information content (AvgIpc) is 2.80. The molecule has 0 aliphatic carbocycles. The van der Waals surface area contributed by atoms with Crippen molar-refractivity contribution < 1.29 is 12.8 Å². The molecule has 108 valence electrons. The van der Waals surface area contributed by atoms with Gasteiger partial charge in [0.05, 0.1) is 12.4 Å². The van der Waals surface area contributed by atoms with E-state index in [9.17, 15) is 12.8 Å². The molecular formula is C12H15FN4O2S. The fourth-order valence-corrected chi connectivity index (χ4v) is 2.78. The smallest absolute Gasteiger partial charge is 0.242 e. The summed E-state index contributed by atoms with van der Waals surface area (Å²) >= 11 is 0. The molecule has 0 saturated carbocycles. The lowest BCUT2D eigenvalue weighted by atomic mass is 10.1. The van der Waals surface area contributed by atoms with Crippen LogP contribution in [0.15, 0.2) is 29.6 Å². The molecule has 0 unspecified atom stereocenters. The molecular weight excluding hydrogens is 283 g/mol. The molecule has 0 spiro atoms. The summed E-state index contributed by atoms with van der Waals surface area (Å²) < 4.78 is 39.1. The van der Waals surface area contributed by atoms with Gasteiger partial charge in [-0.1, -0.05) is 0 Å². The maximum absolute atomic E-state index is 13.0. The molecule has 2 aromatic rings. The number of rotatable bonds is 6. The van der Waals surface area contributed by atoms with Crippen molar-refractivity contribution in [1.29, 1.82) is 0 Å². The van der Waals surface area contributed by atoms with Crippen LogP contribution in [-0.4, -0.2) is 30.1 Å². The molecule has 0 amide bonds. The van der Waals surface area contributed by atoms with E-state index in [0.717, 1.165) is 29.7 Å². The number of hydrogen-bond acceptors (Lipinski definition) is 4.